The normalized spacial score (nSPS) is 18.0. The first kappa shape index (κ1) is 16.5. The minimum absolute atomic E-state index is 0.216. The number of carbonyl (C=O) groups excluding carboxylic acids is 2. The minimum atomic E-state index is -0.620. The zero-order chi connectivity index (χ0) is 17.3. The van der Waals surface area contributed by atoms with E-state index in [9.17, 15) is 14.0 Å². The SMILES string of the molecule is C[C@@H]1C(=O)N(c2cccc(F)c2)CCN1C(=O)c1ccc(Cl)cc1. The molecule has 0 bridgehead atoms. The van der Waals surface area contributed by atoms with Gasteiger partial charge in [-0.25, -0.2) is 4.39 Å². The molecule has 0 saturated carbocycles. The molecule has 0 unspecified atom stereocenters. The summed E-state index contributed by atoms with van der Waals surface area (Å²) in [5, 5.41) is 0.548. The number of hydrogen-bond donors (Lipinski definition) is 0. The quantitative estimate of drug-likeness (QED) is 0.836. The van der Waals surface area contributed by atoms with Crippen molar-refractivity contribution in [2.24, 2.45) is 0 Å². The second-order valence-corrected chi connectivity index (χ2v) is 6.09. The summed E-state index contributed by atoms with van der Waals surface area (Å²) < 4.78 is 13.4. The van der Waals surface area contributed by atoms with Crippen molar-refractivity contribution < 1.29 is 14.0 Å². The fourth-order valence-electron chi connectivity index (χ4n) is 2.81. The van der Waals surface area contributed by atoms with Crippen LogP contribution in [-0.4, -0.2) is 35.8 Å². The van der Waals surface area contributed by atoms with Crippen LogP contribution in [0.1, 0.15) is 17.3 Å². The third-order valence-corrected chi connectivity index (χ3v) is 4.38. The Hall–Kier alpha value is -2.40. The van der Waals surface area contributed by atoms with Gasteiger partial charge in [-0.05, 0) is 49.4 Å². The van der Waals surface area contributed by atoms with E-state index < -0.39 is 11.9 Å². The largest absolute Gasteiger partial charge is 0.325 e. The molecule has 1 aliphatic heterocycles. The number of carbonyl (C=O) groups is 2. The summed E-state index contributed by atoms with van der Waals surface area (Å²) in [6.07, 6.45) is 0. The van der Waals surface area contributed by atoms with E-state index in [1.807, 2.05) is 0 Å². The molecule has 3 rings (SSSR count). The van der Waals surface area contributed by atoms with Crippen molar-refractivity contribution in [1.82, 2.24) is 4.90 Å². The van der Waals surface area contributed by atoms with Gasteiger partial charge in [0, 0.05) is 29.4 Å². The van der Waals surface area contributed by atoms with Gasteiger partial charge in [0.1, 0.15) is 11.9 Å². The Morgan fingerprint density at radius 1 is 1.17 bits per heavy atom. The molecule has 1 aliphatic rings. The molecule has 2 aromatic carbocycles. The molecule has 1 atom stereocenters. The van der Waals surface area contributed by atoms with Crippen molar-refractivity contribution in [2.45, 2.75) is 13.0 Å². The maximum absolute atomic E-state index is 13.4. The Kier molecular flexibility index (Phi) is 4.53. The Labute approximate surface area is 144 Å². The van der Waals surface area contributed by atoms with E-state index in [0.29, 0.717) is 29.4 Å². The van der Waals surface area contributed by atoms with Gasteiger partial charge in [-0.1, -0.05) is 17.7 Å². The standard InChI is InChI=1S/C18H16ClFN2O2/c1-12-17(23)22(16-4-2-3-15(20)11-16)10-9-21(12)18(24)13-5-7-14(19)8-6-13/h2-8,11-12H,9-10H2,1H3/t12-/m1/s1. The Bertz CT molecular complexity index is 779. The second-order valence-electron chi connectivity index (χ2n) is 5.65. The molecule has 0 N–H and O–H groups in total. The van der Waals surface area contributed by atoms with E-state index in [1.165, 1.54) is 21.9 Å². The summed E-state index contributed by atoms with van der Waals surface area (Å²) >= 11 is 5.84. The molecule has 1 fully saturated rings. The first-order chi connectivity index (χ1) is 11.5. The zero-order valence-corrected chi connectivity index (χ0v) is 13.8. The van der Waals surface area contributed by atoms with Gasteiger partial charge in [-0.15, -0.1) is 0 Å². The molecule has 124 valence electrons. The molecular weight excluding hydrogens is 331 g/mol. The summed E-state index contributed by atoms with van der Waals surface area (Å²) in [5.41, 5.74) is 0.990. The van der Waals surface area contributed by atoms with Crippen molar-refractivity contribution >= 4 is 29.1 Å². The van der Waals surface area contributed by atoms with Crippen LogP contribution in [0.4, 0.5) is 10.1 Å². The van der Waals surface area contributed by atoms with Gasteiger partial charge < -0.3 is 9.80 Å². The summed E-state index contributed by atoms with van der Waals surface area (Å²) in [4.78, 5) is 28.3. The Balaban J connectivity index is 1.79. The Morgan fingerprint density at radius 3 is 2.54 bits per heavy atom. The number of amides is 2. The van der Waals surface area contributed by atoms with Crippen molar-refractivity contribution in [2.75, 3.05) is 18.0 Å². The van der Waals surface area contributed by atoms with Crippen LogP contribution in [-0.2, 0) is 4.79 Å². The van der Waals surface area contributed by atoms with Crippen LogP contribution < -0.4 is 4.90 Å². The predicted octanol–water partition coefficient (Wildman–Crippen LogP) is 3.36. The van der Waals surface area contributed by atoms with E-state index in [2.05, 4.69) is 0 Å². The molecule has 0 radical (unpaired) electrons. The number of anilines is 1. The molecule has 0 spiro atoms. The highest BCUT2D eigenvalue weighted by Gasteiger charge is 2.35. The molecule has 2 amide bonds. The molecule has 0 aliphatic carbocycles. The predicted molar refractivity (Wildman–Crippen MR) is 90.7 cm³/mol. The van der Waals surface area contributed by atoms with Crippen LogP contribution in [0.15, 0.2) is 48.5 Å². The zero-order valence-electron chi connectivity index (χ0n) is 13.1. The van der Waals surface area contributed by atoms with E-state index in [-0.39, 0.29) is 11.8 Å². The van der Waals surface area contributed by atoms with Gasteiger partial charge in [-0.2, -0.15) is 0 Å². The van der Waals surface area contributed by atoms with Crippen LogP contribution >= 0.6 is 11.6 Å². The van der Waals surface area contributed by atoms with E-state index >= 15 is 0 Å². The van der Waals surface area contributed by atoms with Gasteiger partial charge in [-0.3, -0.25) is 9.59 Å². The highest BCUT2D eigenvalue weighted by molar-refractivity contribution is 6.30. The van der Waals surface area contributed by atoms with Crippen LogP contribution in [0.5, 0.6) is 0 Å². The first-order valence-electron chi connectivity index (χ1n) is 7.61. The van der Waals surface area contributed by atoms with E-state index in [4.69, 9.17) is 11.6 Å². The topological polar surface area (TPSA) is 40.6 Å². The summed E-state index contributed by atoms with van der Waals surface area (Å²) in [7, 11) is 0. The number of halogens is 2. The van der Waals surface area contributed by atoms with E-state index in [1.54, 1.807) is 43.3 Å². The number of rotatable bonds is 2. The molecule has 24 heavy (non-hydrogen) atoms. The third-order valence-electron chi connectivity index (χ3n) is 4.13. The second kappa shape index (κ2) is 6.61. The van der Waals surface area contributed by atoms with Gasteiger partial charge in [0.05, 0.1) is 0 Å². The highest BCUT2D eigenvalue weighted by atomic mass is 35.5. The highest BCUT2D eigenvalue weighted by Crippen LogP contribution is 2.22. The number of hydrogen-bond acceptors (Lipinski definition) is 2. The maximum Gasteiger partial charge on any atom is 0.254 e. The molecule has 1 saturated heterocycles. The average Bonchev–Trinajstić information content (AvgIpc) is 2.57. The number of piperazine rings is 1. The molecule has 4 nitrogen and oxygen atoms in total. The fourth-order valence-corrected chi connectivity index (χ4v) is 2.93. The lowest BCUT2D eigenvalue weighted by atomic mass is 10.1. The first-order valence-corrected chi connectivity index (χ1v) is 7.98. The minimum Gasteiger partial charge on any atom is -0.325 e. The molecule has 0 aromatic heterocycles. The van der Waals surface area contributed by atoms with Crippen molar-refractivity contribution in [3.63, 3.8) is 0 Å². The third kappa shape index (κ3) is 3.12. The van der Waals surface area contributed by atoms with Crippen molar-refractivity contribution in [1.29, 1.82) is 0 Å². The fraction of sp³-hybridized carbons (Fsp3) is 0.222. The van der Waals surface area contributed by atoms with Gasteiger partial charge >= 0.3 is 0 Å². The molecular formula is C18H16ClFN2O2. The maximum atomic E-state index is 13.4. The van der Waals surface area contributed by atoms with Gasteiger partial charge in [0.25, 0.3) is 5.91 Å². The molecule has 6 heteroatoms. The van der Waals surface area contributed by atoms with Crippen LogP contribution in [0.3, 0.4) is 0 Å². The van der Waals surface area contributed by atoms with Gasteiger partial charge in [0.15, 0.2) is 0 Å². The lowest BCUT2D eigenvalue weighted by Crippen LogP contribution is -2.57. The van der Waals surface area contributed by atoms with Gasteiger partial charge in [0.2, 0.25) is 5.91 Å². The van der Waals surface area contributed by atoms with Crippen LogP contribution in [0, 0.1) is 5.82 Å². The van der Waals surface area contributed by atoms with E-state index in [0.717, 1.165) is 0 Å². The summed E-state index contributed by atoms with van der Waals surface area (Å²) in [5.74, 6) is -0.840. The molecule has 1 heterocycles. The van der Waals surface area contributed by atoms with Crippen LogP contribution in [0.2, 0.25) is 5.02 Å². The Morgan fingerprint density at radius 2 is 1.88 bits per heavy atom. The number of benzene rings is 2. The van der Waals surface area contributed by atoms with Crippen LogP contribution in [0.25, 0.3) is 0 Å². The number of nitrogens with zero attached hydrogens (tertiary/aromatic N) is 2. The monoisotopic (exact) mass is 346 g/mol. The lowest BCUT2D eigenvalue weighted by Gasteiger charge is -2.39. The lowest BCUT2D eigenvalue weighted by molar-refractivity contribution is -0.124. The summed E-state index contributed by atoms with van der Waals surface area (Å²) in [6.45, 7) is 2.39. The smallest absolute Gasteiger partial charge is 0.254 e. The average molecular weight is 347 g/mol. The summed E-state index contributed by atoms with van der Waals surface area (Å²) in [6, 6.07) is 11.8. The van der Waals surface area contributed by atoms with Crippen molar-refractivity contribution in [3.05, 3.63) is 64.9 Å². The van der Waals surface area contributed by atoms with Crippen molar-refractivity contribution in [3.8, 4) is 0 Å². The molecule has 2 aromatic rings.